The molecule has 0 radical (unpaired) electrons. The Bertz CT molecular complexity index is 873. The highest BCUT2D eigenvalue weighted by Crippen LogP contribution is 2.13. The van der Waals surface area contributed by atoms with Crippen LogP contribution < -0.4 is 5.32 Å². The monoisotopic (exact) mass is 837 g/mol. The zero-order valence-corrected chi connectivity index (χ0v) is 39.9. The lowest BCUT2D eigenvalue weighted by Crippen LogP contribution is -2.38. The fourth-order valence-corrected chi connectivity index (χ4v) is 7.81. The maximum Gasteiger partial charge on any atom is 0.305 e. The molecule has 0 fully saturated rings. The first kappa shape index (κ1) is 57.3. The first-order valence-electron chi connectivity index (χ1n) is 25.6. The van der Waals surface area contributed by atoms with Gasteiger partial charge in [-0.2, -0.15) is 0 Å². The number of carbonyl (C=O) groups excluding carboxylic acids is 3. The zero-order valence-electron chi connectivity index (χ0n) is 39.9. The van der Waals surface area contributed by atoms with Crippen LogP contribution in [0.15, 0.2) is 0 Å². The Morgan fingerprint density at radius 3 is 1.31 bits per heavy atom. The highest BCUT2D eigenvalue weighted by atomic mass is 16.5. The summed E-state index contributed by atoms with van der Waals surface area (Å²) in [5, 5.41) is 2.77. The smallest absolute Gasteiger partial charge is 0.305 e. The lowest BCUT2D eigenvalue weighted by molar-refractivity contribution is -0.144. The largest absolute Gasteiger partial charge is 0.466 e. The fourth-order valence-electron chi connectivity index (χ4n) is 7.81. The van der Waals surface area contributed by atoms with Crippen LogP contribution in [0.1, 0.15) is 227 Å². The highest BCUT2D eigenvalue weighted by Gasteiger charge is 2.15. The summed E-state index contributed by atoms with van der Waals surface area (Å²) in [6.07, 6.45) is 36.8. The van der Waals surface area contributed by atoms with Crippen molar-refractivity contribution >= 4 is 18.3 Å². The van der Waals surface area contributed by atoms with E-state index in [1.165, 1.54) is 116 Å². The number of hydrogen-bond donors (Lipinski definition) is 1. The van der Waals surface area contributed by atoms with Crippen LogP contribution in [0.25, 0.3) is 0 Å². The first-order chi connectivity index (χ1) is 29.0. The van der Waals surface area contributed by atoms with E-state index in [-0.39, 0.29) is 11.9 Å². The molecule has 0 bridgehead atoms. The molecule has 350 valence electrons. The maximum atomic E-state index is 13.6. The molecule has 0 unspecified atom stereocenters. The second-order valence-electron chi connectivity index (χ2n) is 17.3. The molecule has 1 N–H and O–H groups in total. The Morgan fingerprint density at radius 2 is 0.797 bits per heavy atom. The number of rotatable bonds is 49. The first-order valence-corrected chi connectivity index (χ1v) is 25.6. The molecule has 59 heavy (non-hydrogen) atoms. The minimum atomic E-state index is -0.0586. The van der Waals surface area contributed by atoms with Gasteiger partial charge < -0.3 is 29.5 Å². The van der Waals surface area contributed by atoms with Gasteiger partial charge in [0, 0.05) is 45.7 Å². The Kier molecular flexibility index (Phi) is 46.0. The molecule has 0 aliphatic rings. The molecule has 0 saturated heterocycles. The van der Waals surface area contributed by atoms with Crippen LogP contribution in [0.5, 0.6) is 0 Å². The molecular formula is C50H100N4O5. The summed E-state index contributed by atoms with van der Waals surface area (Å²) < 4.78 is 11.3. The third kappa shape index (κ3) is 41.4. The SMILES string of the molecule is CCCCCCCCCCN(CCCCCN(CCNC=O)C(=O)CCCN(CCCCCCCCCC)CCCCOCCCCC)CCCC(=O)OCCCCC. The molecule has 9 nitrogen and oxygen atoms in total. The van der Waals surface area contributed by atoms with Gasteiger partial charge in [-0.25, -0.2) is 0 Å². The van der Waals surface area contributed by atoms with Crippen molar-refractivity contribution in [2.75, 3.05) is 78.7 Å². The number of amides is 2. The molecule has 0 aromatic heterocycles. The highest BCUT2D eigenvalue weighted by molar-refractivity contribution is 5.76. The summed E-state index contributed by atoms with van der Waals surface area (Å²) in [5.74, 6) is 0.153. The Labute approximate surface area is 366 Å². The van der Waals surface area contributed by atoms with Gasteiger partial charge in [-0.3, -0.25) is 14.4 Å². The van der Waals surface area contributed by atoms with Gasteiger partial charge in [0.05, 0.1) is 6.61 Å². The predicted molar refractivity (Wildman–Crippen MR) is 251 cm³/mol. The van der Waals surface area contributed by atoms with Gasteiger partial charge in [-0.15, -0.1) is 0 Å². The van der Waals surface area contributed by atoms with E-state index in [0.717, 1.165) is 136 Å². The van der Waals surface area contributed by atoms with Crippen LogP contribution in [0.4, 0.5) is 0 Å². The van der Waals surface area contributed by atoms with Crippen molar-refractivity contribution in [2.45, 2.75) is 227 Å². The van der Waals surface area contributed by atoms with Crippen LogP contribution in [0, 0.1) is 0 Å². The predicted octanol–water partition coefficient (Wildman–Crippen LogP) is 11.9. The molecule has 2 amide bonds. The number of hydrogen-bond acceptors (Lipinski definition) is 7. The standard InChI is InChI=1S/C50H100N4O5/c1-5-9-13-15-17-19-21-24-37-52(42-33-35-50(57)59-47-30-12-8-4)39-26-23-27-43-54(44-36-51-48-55)49(56)34-32-41-53(38-25-22-20-18-16-14-10-6-2)40-28-31-46-58-45-29-11-7-3/h48H,5-47H2,1-4H3,(H,51,55). The normalized spacial score (nSPS) is 11.5. The van der Waals surface area contributed by atoms with E-state index in [1.807, 2.05) is 4.90 Å². The van der Waals surface area contributed by atoms with Gasteiger partial charge >= 0.3 is 5.97 Å². The van der Waals surface area contributed by atoms with Crippen molar-refractivity contribution in [2.24, 2.45) is 0 Å². The number of esters is 1. The van der Waals surface area contributed by atoms with Gasteiger partial charge in [0.1, 0.15) is 0 Å². The molecule has 0 rings (SSSR count). The molecule has 0 aromatic rings. The van der Waals surface area contributed by atoms with Gasteiger partial charge in [0.15, 0.2) is 0 Å². The quantitative estimate of drug-likeness (QED) is 0.0371. The van der Waals surface area contributed by atoms with Crippen molar-refractivity contribution in [1.82, 2.24) is 20.0 Å². The van der Waals surface area contributed by atoms with Crippen molar-refractivity contribution in [3.63, 3.8) is 0 Å². The summed E-state index contributed by atoms with van der Waals surface area (Å²) >= 11 is 0. The van der Waals surface area contributed by atoms with E-state index in [1.54, 1.807) is 0 Å². The van der Waals surface area contributed by atoms with Crippen LogP contribution in [0.2, 0.25) is 0 Å². The lowest BCUT2D eigenvalue weighted by atomic mass is 10.1. The van der Waals surface area contributed by atoms with Crippen LogP contribution in [0.3, 0.4) is 0 Å². The molecule has 0 heterocycles. The van der Waals surface area contributed by atoms with E-state index in [2.05, 4.69) is 42.8 Å². The summed E-state index contributed by atoms with van der Waals surface area (Å²) in [4.78, 5) is 44.0. The Hall–Kier alpha value is -1.71. The average Bonchev–Trinajstić information content (AvgIpc) is 3.23. The molecule has 0 aliphatic heterocycles. The van der Waals surface area contributed by atoms with Crippen LogP contribution in [-0.4, -0.2) is 112 Å². The fraction of sp³-hybridized carbons (Fsp3) is 0.940. The number of ether oxygens (including phenoxy) is 2. The Morgan fingerprint density at radius 1 is 0.424 bits per heavy atom. The van der Waals surface area contributed by atoms with E-state index < -0.39 is 0 Å². The third-order valence-electron chi connectivity index (χ3n) is 11.7. The lowest BCUT2D eigenvalue weighted by Gasteiger charge is -2.25. The number of nitrogens with one attached hydrogen (secondary N) is 1. The van der Waals surface area contributed by atoms with Crippen LogP contribution in [-0.2, 0) is 23.9 Å². The summed E-state index contributed by atoms with van der Waals surface area (Å²) in [6.45, 7) is 19.2. The molecule has 0 aromatic carbocycles. The van der Waals surface area contributed by atoms with E-state index >= 15 is 0 Å². The topological polar surface area (TPSA) is 91.4 Å². The maximum absolute atomic E-state index is 13.6. The van der Waals surface area contributed by atoms with Gasteiger partial charge in [0.25, 0.3) is 0 Å². The van der Waals surface area contributed by atoms with E-state index in [9.17, 15) is 14.4 Å². The Balaban J connectivity index is 4.91. The van der Waals surface area contributed by atoms with Crippen molar-refractivity contribution in [3.05, 3.63) is 0 Å². The molecule has 9 heteroatoms. The summed E-state index contributed by atoms with van der Waals surface area (Å²) in [5.41, 5.74) is 0. The van der Waals surface area contributed by atoms with Crippen LogP contribution >= 0.6 is 0 Å². The van der Waals surface area contributed by atoms with Gasteiger partial charge in [0.2, 0.25) is 12.3 Å². The van der Waals surface area contributed by atoms with Crippen molar-refractivity contribution in [1.29, 1.82) is 0 Å². The second-order valence-corrected chi connectivity index (χ2v) is 17.3. The molecule has 0 saturated carbocycles. The minimum absolute atomic E-state index is 0.0586. The van der Waals surface area contributed by atoms with Gasteiger partial charge in [-0.05, 0) is 103 Å². The van der Waals surface area contributed by atoms with Gasteiger partial charge in [-0.1, -0.05) is 150 Å². The van der Waals surface area contributed by atoms with Crippen molar-refractivity contribution in [3.8, 4) is 0 Å². The molecular weight excluding hydrogens is 737 g/mol. The average molecular weight is 837 g/mol. The minimum Gasteiger partial charge on any atom is -0.466 e. The molecule has 0 atom stereocenters. The summed E-state index contributed by atoms with van der Waals surface area (Å²) in [7, 11) is 0. The van der Waals surface area contributed by atoms with E-state index in [4.69, 9.17) is 9.47 Å². The molecule has 0 aliphatic carbocycles. The second kappa shape index (κ2) is 47.3. The molecule has 0 spiro atoms. The van der Waals surface area contributed by atoms with E-state index in [0.29, 0.717) is 32.5 Å². The third-order valence-corrected chi connectivity index (χ3v) is 11.7. The number of carbonyl (C=O) groups is 3. The summed E-state index contributed by atoms with van der Waals surface area (Å²) in [6, 6.07) is 0. The number of nitrogens with zero attached hydrogens (tertiary/aromatic N) is 3. The van der Waals surface area contributed by atoms with Crippen molar-refractivity contribution < 1.29 is 23.9 Å². The zero-order chi connectivity index (χ0) is 43.1. The number of unbranched alkanes of at least 4 members (excludes halogenated alkanes) is 21.